The molecule has 3 heterocycles. The number of benzene rings is 1. The van der Waals surface area contributed by atoms with E-state index >= 15 is 0 Å². The number of anilines is 2. The van der Waals surface area contributed by atoms with Crippen LogP contribution in [0.5, 0.6) is 0 Å². The monoisotopic (exact) mass is 317 g/mol. The Morgan fingerprint density at radius 3 is 3.00 bits per heavy atom. The van der Waals surface area contributed by atoms with Gasteiger partial charge in [0.15, 0.2) is 5.82 Å². The molecule has 3 aromatic rings. The zero-order chi connectivity index (χ0) is 16.0. The summed E-state index contributed by atoms with van der Waals surface area (Å²) in [5, 5.41) is 13.2. The molecule has 4 N–H and O–H groups in total. The van der Waals surface area contributed by atoms with Gasteiger partial charge in [-0.1, -0.05) is 6.07 Å². The second kappa shape index (κ2) is 5.17. The zero-order valence-electron chi connectivity index (χ0n) is 11.9. The highest BCUT2D eigenvalue weighted by Gasteiger charge is 2.29. The Bertz CT molecular complexity index is 933. The predicted octanol–water partition coefficient (Wildman–Crippen LogP) is 2.40. The average molecular weight is 317 g/mol. The molecule has 1 unspecified atom stereocenters. The van der Waals surface area contributed by atoms with Gasteiger partial charge in [0.2, 0.25) is 0 Å². The van der Waals surface area contributed by atoms with E-state index < -0.39 is 12.5 Å². The molecule has 1 aromatic carbocycles. The van der Waals surface area contributed by atoms with Gasteiger partial charge in [-0.2, -0.15) is 5.10 Å². The standard InChI is InChI=1S/C15H13F2N5O/c16-13(17)12-9-2-1-8(5-7(9)6-19-12)20-14-11-10(21-22-14)3-4-18-15(11)23/h1-5,12-13,19H,6H2,(H,18,23)(H2,20,21,22). The number of H-pyrrole nitrogens is 2. The maximum atomic E-state index is 12.9. The van der Waals surface area contributed by atoms with Gasteiger partial charge < -0.3 is 15.6 Å². The summed E-state index contributed by atoms with van der Waals surface area (Å²) in [4.78, 5) is 14.5. The first-order valence-electron chi connectivity index (χ1n) is 7.10. The van der Waals surface area contributed by atoms with Gasteiger partial charge in [0.1, 0.15) is 5.39 Å². The van der Waals surface area contributed by atoms with Gasteiger partial charge in [-0.3, -0.25) is 9.89 Å². The van der Waals surface area contributed by atoms with Gasteiger partial charge in [-0.15, -0.1) is 0 Å². The van der Waals surface area contributed by atoms with Crippen LogP contribution in [0.25, 0.3) is 10.9 Å². The van der Waals surface area contributed by atoms with Crippen molar-refractivity contribution < 1.29 is 8.78 Å². The molecule has 0 fully saturated rings. The number of nitrogens with one attached hydrogen (secondary N) is 4. The van der Waals surface area contributed by atoms with Crippen LogP contribution in [0.4, 0.5) is 20.3 Å². The van der Waals surface area contributed by atoms with Crippen molar-refractivity contribution in [3.8, 4) is 0 Å². The van der Waals surface area contributed by atoms with Crippen LogP contribution in [0.15, 0.2) is 35.3 Å². The largest absolute Gasteiger partial charge is 0.338 e. The summed E-state index contributed by atoms with van der Waals surface area (Å²) in [6, 6.07) is 5.97. The minimum absolute atomic E-state index is 0.251. The number of halogens is 2. The molecule has 1 atom stereocenters. The smallest absolute Gasteiger partial charge is 0.261 e. The number of pyridine rings is 1. The highest BCUT2D eigenvalue weighted by atomic mass is 19.3. The molecule has 0 aliphatic carbocycles. The molecule has 118 valence electrons. The lowest BCUT2D eigenvalue weighted by atomic mass is 10.0. The molecule has 0 saturated heterocycles. The summed E-state index contributed by atoms with van der Waals surface area (Å²) < 4.78 is 25.8. The fourth-order valence-electron chi connectivity index (χ4n) is 2.90. The highest BCUT2D eigenvalue weighted by Crippen LogP contribution is 2.32. The molecule has 4 rings (SSSR count). The fraction of sp³-hybridized carbons (Fsp3) is 0.200. The number of hydrogen-bond acceptors (Lipinski definition) is 4. The third-order valence-electron chi connectivity index (χ3n) is 3.99. The molecule has 1 aliphatic heterocycles. The maximum Gasteiger partial charge on any atom is 0.261 e. The second-order valence-electron chi connectivity index (χ2n) is 5.40. The summed E-state index contributed by atoms with van der Waals surface area (Å²) in [6.45, 7) is 0.391. The Morgan fingerprint density at radius 1 is 1.30 bits per heavy atom. The Hall–Kier alpha value is -2.74. The molecule has 0 radical (unpaired) electrons. The first-order valence-corrected chi connectivity index (χ1v) is 7.10. The molecule has 0 spiro atoms. The van der Waals surface area contributed by atoms with Crippen molar-refractivity contribution in [2.24, 2.45) is 0 Å². The molecule has 0 saturated carbocycles. The quantitative estimate of drug-likeness (QED) is 0.597. The molecule has 1 aliphatic rings. The van der Waals surface area contributed by atoms with Crippen LogP contribution >= 0.6 is 0 Å². The lowest BCUT2D eigenvalue weighted by Crippen LogP contribution is -2.19. The van der Waals surface area contributed by atoms with Gasteiger partial charge in [-0.05, 0) is 29.3 Å². The minimum Gasteiger partial charge on any atom is -0.338 e. The molecule has 0 amide bonds. The molecular weight excluding hydrogens is 304 g/mol. The molecule has 8 heteroatoms. The SMILES string of the molecule is O=c1[nH]ccc2[nH]nc(Nc3ccc4c(c3)CNC4C(F)F)c12. The lowest BCUT2D eigenvalue weighted by molar-refractivity contribution is 0.103. The van der Waals surface area contributed by atoms with Crippen molar-refractivity contribution in [1.29, 1.82) is 0 Å². The van der Waals surface area contributed by atoms with Crippen molar-refractivity contribution >= 4 is 22.4 Å². The predicted molar refractivity (Wildman–Crippen MR) is 82.0 cm³/mol. The minimum atomic E-state index is -2.44. The number of fused-ring (bicyclic) bond motifs is 2. The summed E-state index contributed by atoms with van der Waals surface area (Å²) in [5.41, 5.74) is 2.48. The zero-order valence-corrected chi connectivity index (χ0v) is 11.9. The van der Waals surface area contributed by atoms with Gasteiger partial charge in [0, 0.05) is 18.4 Å². The van der Waals surface area contributed by atoms with Crippen molar-refractivity contribution in [3.63, 3.8) is 0 Å². The van der Waals surface area contributed by atoms with Crippen LogP contribution in [0.2, 0.25) is 0 Å². The Morgan fingerprint density at radius 2 is 2.17 bits per heavy atom. The Labute approximate surface area is 128 Å². The number of aromatic amines is 2. The Kier molecular flexibility index (Phi) is 3.12. The van der Waals surface area contributed by atoms with E-state index in [0.29, 0.717) is 34.5 Å². The van der Waals surface area contributed by atoms with Crippen LogP contribution in [0.3, 0.4) is 0 Å². The number of nitrogens with zero attached hydrogens (tertiary/aromatic N) is 1. The summed E-state index contributed by atoms with van der Waals surface area (Å²) in [6.07, 6.45) is -0.901. The van der Waals surface area contributed by atoms with E-state index in [-0.39, 0.29) is 5.56 Å². The van der Waals surface area contributed by atoms with E-state index in [2.05, 4.69) is 25.8 Å². The summed E-state index contributed by atoms with van der Waals surface area (Å²) in [7, 11) is 0. The maximum absolute atomic E-state index is 12.9. The van der Waals surface area contributed by atoms with Crippen LogP contribution in [-0.4, -0.2) is 21.6 Å². The molecule has 0 bridgehead atoms. The van der Waals surface area contributed by atoms with Crippen LogP contribution in [0.1, 0.15) is 17.2 Å². The second-order valence-corrected chi connectivity index (χ2v) is 5.40. The average Bonchev–Trinajstić information content (AvgIpc) is 3.12. The van der Waals surface area contributed by atoms with E-state index in [1.807, 2.05) is 0 Å². The number of rotatable bonds is 3. The third-order valence-corrected chi connectivity index (χ3v) is 3.99. The van der Waals surface area contributed by atoms with Gasteiger partial charge in [0.25, 0.3) is 12.0 Å². The van der Waals surface area contributed by atoms with Gasteiger partial charge in [-0.25, -0.2) is 8.78 Å². The third kappa shape index (κ3) is 2.27. The van der Waals surface area contributed by atoms with E-state index in [1.165, 1.54) is 6.20 Å². The van der Waals surface area contributed by atoms with Gasteiger partial charge >= 0.3 is 0 Å². The van der Waals surface area contributed by atoms with Crippen LogP contribution in [-0.2, 0) is 6.54 Å². The normalized spacial score (nSPS) is 16.9. The van der Waals surface area contributed by atoms with Crippen molar-refractivity contribution in [3.05, 3.63) is 51.9 Å². The lowest BCUT2D eigenvalue weighted by Gasteiger charge is -2.11. The van der Waals surface area contributed by atoms with E-state index in [1.54, 1.807) is 24.3 Å². The summed E-state index contributed by atoms with van der Waals surface area (Å²) >= 11 is 0. The number of aromatic nitrogens is 3. The van der Waals surface area contributed by atoms with E-state index in [4.69, 9.17) is 0 Å². The van der Waals surface area contributed by atoms with Crippen LogP contribution in [0, 0.1) is 0 Å². The fourth-order valence-corrected chi connectivity index (χ4v) is 2.90. The topological polar surface area (TPSA) is 85.6 Å². The van der Waals surface area contributed by atoms with E-state index in [9.17, 15) is 13.6 Å². The molecule has 6 nitrogen and oxygen atoms in total. The van der Waals surface area contributed by atoms with Crippen LogP contribution < -0.4 is 16.2 Å². The van der Waals surface area contributed by atoms with Crippen molar-refractivity contribution in [2.75, 3.05) is 5.32 Å². The first-order chi connectivity index (χ1) is 11.1. The van der Waals surface area contributed by atoms with Gasteiger partial charge in [0.05, 0.1) is 11.6 Å². The first kappa shape index (κ1) is 13.9. The number of alkyl halides is 2. The Balaban J connectivity index is 1.69. The number of hydrogen-bond donors (Lipinski definition) is 4. The van der Waals surface area contributed by atoms with E-state index in [0.717, 1.165) is 5.56 Å². The van der Waals surface area contributed by atoms with Crippen molar-refractivity contribution in [1.82, 2.24) is 20.5 Å². The summed E-state index contributed by atoms with van der Waals surface area (Å²) in [5.74, 6) is 0.401. The molecule has 2 aromatic heterocycles. The van der Waals surface area contributed by atoms with Crippen molar-refractivity contribution in [2.45, 2.75) is 19.0 Å². The highest BCUT2D eigenvalue weighted by molar-refractivity contribution is 5.90. The molecule has 23 heavy (non-hydrogen) atoms. The molecular formula is C15H13F2N5O.